The zero-order valence-corrected chi connectivity index (χ0v) is 14.1. The lowest BCUT2D eigenvalue weighted by Gasteiger charge is -2.07. The van der Waals surface area contributed by atoms with Crippen LogP contribution in [0.3, 0.4) is 0 Å². The smallest absolute Gasteiger partial charge is 0.338 e. The Morgan fingerprint density at radius 3 is 2.87 bits per heavy atom. The second-order valence-electron chi connectivity index (χ2n) is 4.93. The van der Waals surface area contributed by atoms with Gasteiger partial charge in [0.2, 0.25) is 5.95 Å². The number of nitrogens with zero attached hydrogens (tertiary/aromatic N) is 3. The fraction of sp³-hybridized carbons (Fsp3) is 0.188. The largest absolute Gasteiger partial charge is 0.462 e. The van der Waals surface area contributed by atoms with E-state index < -0.39 is 0 Å². The molecule has 0 aliphatic rings. The van der Waals surface area contributed by atoms with Crippen molar-refractivity contribution < 1.29 is 9.53 Å². The number of hydrogen-bond acceptors (Lipinski definition) is 5. The number of rotatable bonds is 4. The maximum absolute atomic E-state index is 11.8. The third-order valence-corrected chi connectivity index (χ3v) is 3.82. The summed E-state index contributed by atoms with van der Waals surface area (Å²) in [6.45, 7) is 2.61. The van der Waals surface area contributed by atoms with E-state index in [4.69, 9.17) is 10.5 Å². The lowest BCUT2D eigenvalue weighted by atomic mass is 10.2. The number of carbonyl (C=O) groups excluding carboxylic acids is 1. The number of nitrogens with two attached hydrogens (primary N) is 1. The number of ether oxygens (including phenoxy) is 1. The number of aromatic nitrogens is 3. The van der Waals surface area contributed by atoms with E-state index in [1.54, 1.807) is 19.1 Å². The molecule has 3 rings (SSSR count). The number of fused-ring (bicyclic) bond motifs is 1. The number of nitrogen functional groups attached to an aromatic ring is 1. The van der Waals surface area contributed by atoms with Crippen molar-refractivity contribution in [1.82, 2.24) is 14.5 Å². The van der Waals surface area contributed by atoms with Crippen LogP contribution in [0.25, 0.3) is 11.0 Å². The molecule has 0 spiro atoms. The average Bonchev–Trinajstić information content (AvgIpc) is 2.83. The van der Waals surface area contributed by atoms with Crippen LogP contribution in [0.15, 0.2) is 41.0 Å². The van der Waals surface area contributed by atoms with Crippen molar-refractivity contribution >= 4 is 38.9 Å². The van der Waals surface area contributed by atoms with Gasteiger partial charge >= 0.3 is 5.97 Å². The molecular formula is C16H15BrN4O2. The second kappa shape index (κ2) is 6.37. The van der Waals surface area contributed by atoms with E-state index in [2.05, 4.69) is 25.9 Å². The van der Waals surface area contributed by atoms with Crippen molar-refractivity contribution in [3.63, 3.8) is 0 Å². The molecule has 7 heteroatoms. The number of esters is 1. The highest BCUT2D eigenvalue weighted by Crippen LogP contribution is 2.21. The molecule has 0 bridgehead atoms. The van der Waals surface area contributed by atoms with Gasteiger partial charge in [-0.25, -0.2) is 14.8 Å². The Kier molecular flexibility index (Phi) is 4.29. The number of imidazole rings is 1. The molecule has 0 fully saturated rings. The predicted octanol–water partition coefficient (Wildman–Crippen LogP) is 3.00. The normalized spacial score (nSPS) is 10.9. The maximum Gasteiger partial charge on any atom is 0.338 e. The van der Waals surface area contributed by atoms with Crippen LogP contribution in [-0.4, -0.2) is 27.1 Å². The number of hydrogen-bond donors (Lipinski definition) is 1. The summed E-state index contributed by atoms with van der Waals surface area (Å²) in [5.41, 5.74) is 8.84. The molecule has 1 aromatic carbocycles. The molecule has 0 unspecified atom stereocenters. The van der Waals surface area contributed by atoms with Crippen LogP contribution in [0.4, 0.5) is 5.95 Å². The Morgan fingerprint density at radius 2 is 2.13 bits per heavy atom. The molecule has 0 aliphatic carbocycles. The molecule has 0 aliphatic heterocycles. The van der Waals surface area contributed by atoms with E-state index in [1.165, 1.54) is 0 Å². The molecule has 0 atom stereocenters. The fourth-order valence-electron chi connectivity index (χ4n) is 2.36. The molecule has 0 radical (unpaired) electrons. The van der Waals surface area contributed by atoms with Crippen molar-refractivity contribution in [2.24, 2.45) is 0 Å². The zero-order chi connectivity index (χ0) is 16.4. The van der Waals surface area contributed by atoms with Gasteiger partial charge in [0.1, 0.15) is 4.60 Å². The summed E-state index contributed by atoms with van der Waals surface area (Å²) in [4.78, 5) is 20.5. The SMILES string of the molecule is CCOC(=O)c1ccc2c(c1)nc(N)n2Cc1cccc(Br)n1. The summed E-state index contributed by atoms with van der Waals surface area (Å²) in [6, 6.07) is 10.9. The summed E-state index contributed by atoms with van der Waals surface area (Å²) in [5.74, 6) is 0.0129. The zero-order valence-electron chi connectivity index (χ0n) is 12.5. The first kappa shape index (κ1) is 15.5. The Hall–Kier alpha value is -2.41. The molecule has 118 valence electrons. The third kappa shape index (κ3) is 3.19. The minimum absolute atomic E-state index is 0.335. The quantitative estimate of drug-likeness (QED) is 0.560. The molecule has 23 heavy (non-hydrogen) atoms. The van der Waals surface area contributed by atoms with Crippen LogP contribution in [-0.2, 0) is 11.3 Å². The Morgan fingerprint density at radius 1 is 1.30 bits per heavy atom. The Labute approximate surface area is 141 Å². The van der Waals surface area contributed by atoms with E-state index >= 15 is 0 Å². The average molecular weight is 375 g/mol. The van der Waals surface area contributed by atoms with Gasteiger partial charge < -0.3 is 15.0 Å². The minimum atomic E-state index is -0.365. The monoisotopic (exact) mass is 374 g/mol. The van der Waals surface area contributed by atoms with Gasteiger partial charge in [0, 0.05) is 0 Å². The molecule has 2 heterocycles. The van der Waals surface area contributed by atoms with E-state index in [0.717, 1.165) is 15.8 Å². The molecule has 0 saturated heterocycles. The number of pyridine rings is 1. The van der Waals surface area contributed by atoms with Crippen molar-refractivity contribution in [2.75, 3.05) is 12.3 Å². The standard InChI is InChI=1S/C16H15BrN4O2/c1-2-23-15(22)10-6-7-13-12(8-10)20-16(18)21(13)9-11-4-3-5-14(17)19-11/h3-8H,2,9H2,1H3,(H2,18,20). The van der Waals surface area contributed by atoms with Gasteiger partial charge in [-0.2, -0.15) is 0 Å². The van der Waals surface area contributed by atoms with Crippen molar-refractivity contribution in [3.05, 3.63) is 52.3 Å². The van der Waals surface area contributed by atoms with Crippen LogP contribution in [0.2, 0.25) is 0 Å². The second-order valence-corrected chi connectivity index (χ2v) is 5.74. The lowest BCUT2D eigenvalue weighted by molar-refractivity contribution is 0.0526. The maximum atomic E-state index is 11.8. The summed E-state index contributed by atoms with van der Waals surface area (Å²) in [6.07, 6.45) is 0. The molecule has 0 saturated carbocycles. The highest BCUT2D eigenvalue weighted by Gasteiger charge is 2.13. The number of carbonyl (C=O) groups is 1. The van der Waals surface area contributed by atoms with Gasteiger partial charge in [-0.15, -0.1) is 0 Å². The van der Waals surface area contributed by atoms with Crippen LogP contribution in [0.5, 0.6) is 0 Å². The summed E-state index contributed by atoms with van der Waals surface area (Å²) >= 11 is 3.36. The Balaban J connectivity index is 1.98. The molecule has 3 aromatic rings. The number of anilines is 1. The molecule has 6 nitrogen and oxygen atoms in total. The van der Waals surface area contributed by atoms with E-state index in [0.29, 0.717) is 30.2 Å². The summed E-state index contributed by atoms with van der Waals surface area (Å²) in [7, 11) is 0. The topological polar surface area (TPSA) is 83.0 Å². The van der Waals surface area contributed by atoms with Gasteiger partial charge in [-0.1, -0.05) is 6.07 Å². The van der Waals surface area contributed by atoms with Crippen LogP contribution < -0.4 is 5.73 Å². The highest BCUT2D eigenvalue weighted by atomic mass is 79.9. The molecule has 2 aromatic heterocycles. The minimum Gasteiger partial charge on any atom is -0.462 e. The first-order valence-corrected chi connectivity index (χ1v) is 7.92. The van der Waals surface area contributed by atoms with Gasteiger partial charge in [0.25, 0.3) is 0 Å². The number of benzene rings is 1. The van der Waals surface area contributed by atoms with Gasteiger partial charge in [0.15, 0.2) is 0 Å². The van der Waals surface area contributed by atoms with Crippen molar-refractivity contribution in [1.29, 1.82) is 0 Å². The van der Waals surface area contributed by atoms with E-state index in [1.807, 2.05) is 28.8 Å². The van der Waals surface area contributed by atoms with Crippen molar-refractivity contribution in [2.45, 2.75) is 13.5 Å². The summed E-state index contributed by atoms with van der Waals surface area (Å²) < 4.78 is 7.63. The third-order valence-electron chi connectivity index (χ3n) is 3.38. The van der Waals surface area contributed by atoms with Crippen LogP contribution in [0.1, 0.15) is 23.0 Å². The predicted molar refractivity (Wildman–Crippen MR) is 91.1 cm³/mol. The van der Waals surface area contributed by atoms with Crippen LogP contribution >= 0.6 is 15.9 Å². The number of halogens is 1. The fourth-order valence-corrected chi connectivity index (χ4v) is 2.74. The van der Waals surface area contributed by atoms with E-state index in [9.17, 15) is 4.79 Å². The first-order valence-electron chi connectivity index (χ1n) is 7.13. The van der Waals surface area contributed by atoms with E-state index in [-0.39, 0.29) is 5.97 Å². The summed E-state index contributed by atoms with van der Waals surface area (Å²) in [5, 5.41) is 0. The molecule has 0 amide bonds. The first-order chi connectivity index (χ1) is 11.1. The van der Waals surface area contributed by atoms with Crippen LogP contribution in [0, 0.1) is 0 Å². The lowest BCUT2D eigenvalue weighted by Crippen LogP contribution is -2.06. The van der Waals surface area contributed by atoms with Crippen molar-refractivity contribution in [3.8, 4) is 0 Å². The Bertz CT molecular complexity index is 876. The van der Waals surface area contributed by atoms with Gasteiger partial charge in [-0.3, -0.25) is 0 Å². The van der Waals surface area contributed by atoms with Gasteiger partial charge in [-0.05, 0) is 53.2 Å². The molecule has 2 N–H and O–H groups in total. The highest BCUT2D eigenvalue weighted by molar-refractivity contribution is 9.10. The van der Waals surface area contributed by atoms with Gasteiger partial charge in [0.05, 0.1) is 35.4 Å². The molecular weight excluding hydrogens is 360 g/mol.